The molecule has 13 heavy (non-hydrogen) atoms. The van der Waals surface area contributed by atoms with Gasteiger partial charge in [-0.1, -0.05) is 18.7 Å². The highest BCUT2D eigenvalue weighted by Gasteiger charge is 2.10. The lowest BCUT2D eigenvalue weighted by molar-refractivity contribution is 0.741. The Morgan fingerprint density at radius 1 is 1.62 bits per heavy atom. The summed E-state index contributed by atoms with van der Waals surface area (Å²) in [6, 6.07) is 0. The first-order chi connectivity index (χ1) is 6.26. The molecule has 0 aromatic carbocycles. The molecule has 1 atom stereocenters. The van der Waals surface area contributed by atoms with Crippen LogP contribution in [0.15, 0.2) is 5.16 Å². The molecule has 0 aliphatic carbocycles. The molecule has 0 amide bonds. The fourth-order valence-electron chi connectivity index (χ4n) is 1.06. The van der Waals surface area contributed by atoms with Crippen LogP contribution in [-0.4, -0.2) is 27.0 Å². The van der Waals surface area contributed by atoms with Crippen molar-refractivity contribution in [3.05, 3.63) is 5.82 Å². The van der Waals surface area contributed by atoms with Gasteiger partial charge >= 0.3 is 0 Å². The summed E-state index contributed by atoms with van der Waals surface area (Å²) < 4.78 is 0. The lowest BCUT2D eigenvalue weighted by Crippen LogP contribution is -2.09. The van der Waals surface area contributed by atoms with E-state index in [4.69, 9.17) is 5.73 Å². The van der Waals surface area contributed by atoms with E-state index in [1.54, 1.807) is 11.8 Å². The molecule has 0 spiro atoms. The van der Waals surface area contributed by atoms with E-state index in [2.05, 4.69) is 22.1 Å². The summed E-state index contributed by atoms with van der Waals surface area (Å²) in [4.78, 5) is 4.24. The van der Waals surface area contributed by atoms with Crippen molar-refractivity contribution in [3.8, 4) is 0 Å². The zero-order valence-electron chi connectivity index (χ0n) is 8.08. The van der Waals surface area contributed by atoms with Crippen molar-refractivity contribution in [2.24, 2.45) is 5.73 Å². The van der Waals surface area contributed by atoms with Gasteiger partial charge < -0.3 is 5.73 Å². The molecule has 0 aliphatic heterocycles. The molecule has 1 aromatic rings. The maximum Gasteiger partial charge on any atom is 0.208 e. The Bertz CT molecular complexity index is 248. The molecule has 3 N–H and O–H groups in total. The van der Waals surface area contributed by atoms with Crippen molar-refractivity contribution in [2.45, 2.75) is 37.1 Å². The minimum Gasteiger partial charge on any atom is -0.330 e. The van der Waals surface area contributed by atoms with E-state index < -0.39 is 0 Å². The first kappa shape index (κ1) is 10.5. The Hall–Kier alpha value is -0.550. The minimum atomic E-state index is 0.542. The third-order valence-electron chi connectivity index (χ3n) is 1.79. The number of thioether (sulfide) groups is 1. The van der Waals surface area contributed by atoms with Gasteiger partial charge in [-0.2, -0.15) is 0 Å². The number of aryl methyl sites for hydroxylation is 1. The quantitative estimate of drug-likeness (QED) is 0.704. The standard InChI is InChI=1S/C8H16N4S/c1-3-7(4-5-9)13-8-10-6(2)11-12-8/h7H,3-5,9H2,1-2H3,(H,10,11,12). The van der Waals surface area contributed by atoms with Crippen LogP contribution < -0.4 is 5.73 Å². The average Bonchev–Trinajstić information content (AvgIpc) is 2.50. The second-order valence-electron chi connectivity index (χ2n) is 2.93. The Morgan fingerprint density at radius 2 is 2.38 bits per heavy atom. The summed E-state index contributed by atoms with van der Waals surface area (Å²) in [6.45, 7) is 4.79. The van der Waals surface area contributed by atoms with Gasteiger partial charge in [-0.05, 0) is 26.3 Å². The first-order valence-corrected chi connectivity index (χ1v) is 5.40. The predicted molar refractivity (Wildman–Crippen MR) is 54.7 cm³/mol. The zero-order chi connectivity index (χ0) is 9.68. The third-order valence-corrected chi connectivity index (χ3v) is 3.09. The molecule has 1 aromatic heterocycles. The smallest absolute Gasteiger partial charge is 0.208 e. The number of aromatic nitrogens is 3. The van der Waals surface area contributed by atoms with Crippen LogP contribution in [0.3, 0.4) is 0 Å². The summed E-state index contributed by atoms with van der Waals surface area (Å²) >= 11 is 1.70. The number of H-pyrrole nitrogens is 1. The topological polar surface area (TPSA) is 67.6 Å². The summed E-state index contributed by atoms with van der Waals surface area (Å²) in [6.07, 6.45) is 2.13. The van der Waals surface area contributed by atoms with Crippen LogP contribution in [0, 0.1) is 6.92 Å². The van der Waals surface area contributed by atoms with Gasteiger partial charge in [-0.3, -0.25) is 5.10 Å². The fraction of sp³-hybridized carbons (Fsp3) is 0.750. The number of nitrogens with two attached hydrogens (primary N) is 1. The molecule has 1 rings (SSSR count). The molecular weight excluding hydrogens is 184 g/mol. The van der Waals surface area contributed by atoms with Crippen molar-refractivity contribution < 1.29 is 0 Å². The number of rotatable bonds is 5. The second-order valence-corrected chi connectivity index (χ2v) is 4.20. The van der Waals surface area contributed by atoms with Crippen LogP contribution in [0.1, 0.15) is 25.6 Å². The largest absolute Gasteiger partial charge is 0.330 e. The number of nitrogens with one attached hydrogen (secondary N) is 1. The Kier molecular flexibility index (Phi) is 4.24. The van der Waals surface area contributed by atoms with E-state index in [1.165, 1.54) is 0 Å². The van der Waals surface area contributed by atoms with Crippen LogP contribution in [0.5, 0.6) is 0 Å². The van der Waals surface area contributed by atoms with Gasteiger partial charge in [0.2, 0.25) is 5.16 Å². The highest BCUT2D eigenvalue weighted by Crippen LogP contribution is 2.23. The SMILES string of the molecule is CCC(CCN)Sc1n[nH]c(C)n1. The maximum atomic E-state index is 5.50. The Morgan fingerprint density at radius 3 is 2.85 bits per heavy atom. The van der Waals surface area contributed by atoms with Crippen molar-refractivity contribution in [2.75, 3.05) is 6.54 Å². The first-order valence-electron chi connectivity index (χ1n) is 4.52. The Balaban J connectivity index is 2.46. The van der Waals surface area contributed by atoms with E-state index in [0.29, 0.717) is 5.25 Å². The molecule has 0 bridgehead atoms. The molecule has 0 saturated carbocycles. The lowest BCUT2D eigenvalue weighted by Gasteiger charge is -2.09. The van der Waals surface area contributed by atoms with Gasteiger partial charge in [0.25, 0.3) is 0 Å². The van der Waals surface area contributed by atoms with E-state index in [9.17, 15) is 0 Å². The molecule has 1 unspecified atom stereocenters. The average molecular weight is 200 g/mol. The molecule has 0 fully saturated rings. The van der Waals surface area contributed by atoms with Gasteiger partial charge in [-0.25, -0.2) is 4.98 Å². The van der Waals surface area contributed by atoms with Gasteiger partial charge in [0.1, 0.15) is 5.82 Å². The molecule has 0 radical (unpaired) electrons. The summed E-state index contributed by atoms with van der Waals surface area (Å²) in [7, 11) is 0. The van der Waals surface area contributed by atoms with Crippen LogP contribution in [0.4, 0.5) is 0 Å². The van der Waals surface area contributed by atoms with E-state index in [0.717, 1.165) is 30.4 Å². The van der Waals surface area contributed by atoms with Crippen molar-refractivity contribution in [1.82, 2.24) is 15.2 Å². The molecule has 0 saturated heterocycles. The summed E-state index contributed by atoms with van der Waals surface area (Å²) in [5, 5.41) is 8.27. The number of aromatic amines is 1. The Labute approximate surface area is 82.7 Å². The van der Waals surface area contributed by atoms with Gasteiger partial charge in [0.05, 0.1) is 0 Å². The van der Waals surface area contributed by atoms with E-state index in [1.807, 2.05) is 6.92 Å². The van der Waals surface area contributed by atoms with E-state index in [-0.39, 0.29) is 0 Å². The maximum absolute atomic E-state index is 5.50. The summed E-state index contributed by atoms with van der Waals surface area (Å²) in [5.41, 5.74) is 5.50. The van der Waals surface area contributed by atoms with Crippen LogP contribution in [-0.2, 0) is 0 Å². The van der Waals surface area contributed by atoms with Crippen LogP contribution >= 0.6 is 11.8 Å². The van der Waals surface area contributed by atoms with Gasteiger partial charge in [0.15, 0.2) is 0 Å². The van der Waals surface area contributed by atoms with Gasteiger partial charge in [0, 0.05) is 5.25 Å². The molecule has 5 heteroatoms. The van der Waals surface area contributed by atoms with Crippen LogP contribution in [0.2, 0.25) is 0 Å². The van der Waals surface area contributed by atoms with Crippen LogP contribution in [0.25, 0.3) is 0 Å². The highest BCUT2D eigenvalue weighted by atomic mass is 32.2. The van der Waals surface area contributed by atoms with Gasteiger partial charge in [-0.15, -0.1) is 5.10 Å². The normalized spacial score (nSPS) is 13.2. The van der Waals surface area contributed by atoms with Crippen molar-refractivity contribution in [1.29, 1.82) is 0 Å². The number of hydrogen-bond donors (Lipinski definition) is 2. The molecule has 1 heterocycles. The molecule has 74 valence electrons. The molecule has 4 nitrogen and oxygen atoms in total. The second kappa shape index (κ2) is 5.24. The number of hydrogen-bond acceptors (Lipinski definition) is 4. The van der Waals surface area contributed by atoms with E-state index >= 15 is 0 Å². The minimum absolute atomic E-state index is 0.542. The van der Waals surface area contributed by atoms with Crippen molar-refractivity contribution >= 4 is 11.8 Å². The number of nitrogens with zero attached hydrogens (tertiary/aromatic N) is 2. The van der Waals surface area contributed by atoms with Crippen molar-refractivity contribution in [3.63, 3.8) is 0 Å². The lowest BCUT2D eigenvalue weighted by atomic mass is 10.2. The zero-order valence-corrected chi connectivity index (χ0v) is 8.90. The molecular formula is C8H16N4S. The fourth-order valence-corrected chi connectivity index (χ4v) is 2.06. The summed E-state index contributed by atoms with van der Waals surface area (Å²) in [5.74, 6) is 0.866. The monoisotopic (exact) mass is 200 g/mol. The molecule has 0 aliphatic rings. The predicted octanol–water partition coefficient (Wildman–Crippen LogP) is 1.33. The highest BCUT2D eigenvalue weighted by molar-refractivity contribution is 7.99. The third kappa shape index (κ3) is 3.36.